The Morgan fingerprint density at radius 1 is 1.31 bits per heavy atom. The number of aryl methyl sites for hydroxylation is 2. The van der Waals surface area contributed by atoms with Crippen LogP contribution in [-0.4, -0.2) is 16.5 Å². The average molecular weight is 215 g/mol. The molecule has 0 aliphatic carbocycles. The summed E-state index contributed by atoms with van der Waals surface area (Å²) in [6.07, 6.45) is 3.60. The number of benzene rings is 1. The Kier molecular flexibility index (Phi) is 3.06. The molecule has 0 fully saturated rings. The summed E-state index contributed by atoms with van der Waals surface area (Å²) in [5.41, 5.74) is 9.65. The zero-order valence-corrected chi connectivity index (χ0v) is 9.70. The lowest BCUT2D eigenvalue weighted by Crippen LogP contribution is -2.15. The number of hydrogen-bond acceptors (Lipinski definition) is 2. The summed E-state index contributed by atoms with van der Waals surface area (Å²) in [6, 6.07) is 6.45. The first-order valence-corrected chi connectivity index (χ1v) is 5.49. The molecule has 3 N–H and O–H groups in total. The van der Waals surface area contributed by atoms with Gasteiger partial charge in [-0.2, -0.15) is 0 Å². The lowest BCUT2D eigenvalue weighted by Gasteiger charge is -2.14. The number of hydrogen-bond donors (Lipinski definition) is 2. The molecule has 84 valence electrons. The molecule has 16 heavy (non-hydrogen) atoms. The van der Waals surface area contributed by atoms with Crippen molar-refractivity contribution in [2.75, 3.05) is 6.54 Å². The van der Waals surface area contributed by atoms with Crippen molar-refractivity contribution in [3.05, 3.63) is 53.1 Å². The smallest absolute Gasteiger partial charge is 0.114 e. The second kappa shape index (κ2) is 4.49. The van der Waals surface area contributed by atoms with Crippen LogP contribution in [0.1, 0.15) is 28.4 Å². The van der Waals surface area contributed by atoms with Gasteiger partial charge in [0, 0.05) is 18.9 Å². The fraction of sp³-hybridized carbons (Fsp3) is 0.308. The molecule has 0 saturated heterocycles. The molecule has 3 nitrogen and oxygen atoms in total. The average Bonchev–Trinajstić information content (AvgIpc) is 2.78. The zero-order chi connectivity index (χ0) is 11.5. The van der Waals surface area contributed by atoms with E-state index in [2.05, 4.69) is 42.0 Å². The van der Waals surface area contributed by atoms with Crippen molar-refractivity contribution < 1.29 is 0 Å². The molecule has 0 aliphatic rings. The van der Waals surface area contributed by atoms with Crippen molar-refractivity contribution in [3.63, 3.8) is 0 Å². The van der Waals surface area contributed by atoms with Crippen LogP contribution in [-0.2, 0) is 0 Å². The zero-order valence-electron chi connectivity index (χ0n) is 9.70. The minimum atomic E-state index is 0.161. The molecule has 0 amide bonds. The van der Waals surface area contributed by atoms with Gasteiger partial charge in [0.05, 0.1) is 5.92 Å². The Morgan fingerprint density at radius 3 is 2.69 bits per heavy atom. The summed E-state index contributed by atoms with van der Waals surface area (Å²) < 4.78 is 0. The molecule has 2 rings (SSSR count). The lowest BCUT2D eigenvalue weighted by atomic mass is 9.95. The second-order valence-corrected chi connectivity index (χ2v) is 4.11. The van der Waals surface area contributed by atoms with Crippen LogP contribution < -0.4 is 5.73 Å². The summed E-state index contributed by atoms with van der Waals surface area (Å²) in [4.78, 5) is 7.41. The van der Waals surface area contributed by atoms with Gasteiger partial charge in [0.1, 0.15) is 5.82 Å². The molecule has 1 atom stereocenters. The molecule has 1 unspecified atom stereocenters. The highest BCUT2D eigenvalue weighted by atomic mass is 14.9. The van der Waals surface area contributed by atoms with E-state index in [1.165, 1.54) is 16.7 Å². The van der Waals surface area contributed by atoms with Gasteiger partial charge in [-0.3, -0.25) is 0 Å². The maximum atomic E-state index is 5.82. The van der Waals surface area contributed by atoms with E-state index >= 15 is 0 Å². The normalized spacial score (nSPS) is 12.7. The third-order valence-corrected chi connectivity index (χ3v) is 3.02. The van der Waals surface area contributed by atoms with E-state index in [9.17, 15) is 0 Å². The summed E-state index contributed by atoms with van der Waals surface area (Å²) in [6.45, 7) is 4.80. The third-order valence-electron chi connectivity index (χ3n) is 3.02. The molecule has 0 saturated carbocycles. The number of H-pyrrole nitrogens is 1. The van der Waals surface area contributed by atoms with Gasteiger partial charge in [0.2, 0.25) is 0 Å². The second-order valence-electron chi connectivity index (χ2n) is 4.11. The Labute approximate surface area is 95.7 Å². The van der Waals surface area contributed by atoms with Crippen LogP contribution >= 0.6 is 0 Å². The van der Waals surface area contributed by atoms with E-state index in [1.807, 2.05) is 6.20 Å². The first-order chi connectivity index (χ1) is 7.72. The van der Waals surface area contributed by atoms with Crippen LogP contribution in [0, 0.1) is 13.8 Å². The Bertz CT molecular complexity index is 460. The predicted octanol–water partition coefficient (Wildman–Crippen LogP) is 2.12. The molecule has 1 aromatic heterocycles. The number of imidazole rings is 1. The van der Waals surface area contributed by atoms with Crippen LogP contribution in [0.15, 0.2) is 30.6 Å². The SMILES string of the molecule is Cc1ccc(C(CN)c2ncc[nH]2)cc1C. The molecule has 0 aliphatic heterocycles. The monoisotopic (exact) mass is 215 g/mol. The number of nitrogens with one attached hydrogen (secondary N) is 1. The molecule has 0 spiro atoms. The number of aromatic amines is 1. The van der Waals surface area contributed by atoms with Crippen LogP contribution in [0.25, 0.3) is 0 Å². The first kappa shape index (κ1) is 10.9. The van der Waals surface area contributed by atoms with E-state index in [1.54, 1.807) is 6.20 Å². The van der Waals surface area contributed by atoms with Crippen LogP contribution in [0.3, 0.4) is 0 Å². The maximum absolute atomic E-state index is 5.82. The highest BCUT2D eigenvalue weighted by Gasteiger charge is 2.14. The Hall–Kier alpha value is -1.61. The molecule has 0 radical (unpaired) electrons. The van der Waals surface area contributed by atoms with Crippen LogP contribution in [0.4, 0.5) is 0 Å². The van der Waals surface area contributed by atoms with E-state index < -0.39 is 0 Å². The predicted molar refractivity (Wildman–Crippen MR) is 65.4 cm³/mol. The molecule has 3 heteroatoms. The molecule has 2 aromatic rings. The van der Waals surface area contributed by atoms with Gasteiger partial charge in [0.25, 0.3) is 0 Å². The van der Waals surface area contributed by atoms with Gasteiger partial charge in [-0.15, -0.1) is 0 Å². The standard InChI is InChI=1S/C13H17N3/c1-9-3-4-11(7-10(9)2)12(8-14)13-15-5-6-16-13/h3-7,12H,8,14H2,1-2H3,(H,15,16). The van der Waals surface area contributed by atoms with Gasteiger partial charge >= 0.3 is 0 Å². The van der Waals surface area contributed by atoms with Gasteiger partial charge < -0.3 is 10.7 Å². The summed E-state index contributed by atoms with van der Waals surface area (Å²) >= 11 is 0. The van der Waals surface area contributed by atoms with Crippen LogP contribution in [0.2, 0.25) is 0 Å². The molecular formula is C13H17N3. The molecule has 1 aromatic carbocycles. The fourth-order valence-electron chi connectivity index (χ4n) is 1.85. The Morgan fingerprint density at radius 2 is 2.12 bits per heavy atom. The van der Waals surface area contributed by atoms with Crippen molar-refractivity contribution in [1.82, 2.24) is 9.97 Å². The van der Waals surface area contributed by atoms with Gasteiger partial charge in [-0.1, -0.05) is 18.2 Å². The van der Waals surface area contributed by atoms with Crippen molar-refractivity contribution in [1.29, 1.82) is 0 Å². The number of rotatable bonds is 3. The highest BCUT2D eigenvalue weighted by molar-refractivity contribution is 5.34. The van der Waals surface area contributed by atoms with Crippen molar-refractivity contribution in [2.45, 2.75) is 19.8 Å². The third kappa shape index (κ3) is 1.99. The first-order valence-electron chi connectivity index (χ1n) is 5.49. The van der Waals surface area contributed by atoms with E-state index in [0.29, 0.717) is 6.54 Å². The summed E-state index contributed by atoms with van der Waals surface area (Å²) in [7, 11) is 0. The van der Waals surface area contributed by atoms with Crippen molar-refractivity contribution >= 4 is 0 Å². The largest absolute Gasteiger partial charge is 0.348 e. The minimum Gasteiger partial charge on any atom is -0.348 e. The molecular weight excluding hydrogens is 198 g/mol. The van der Waals surface area contributed by atoms with Gasteiger partial charge in [0.15, 0.2) is 0 Å². The Balaban J connectivity index is 2.37. The molecule has 1 heterocycles. The van der Waals surface area contributed by atoms with Crippen molar-refractivity contribution in [2.24, 2.45) is 5.73 Å². The lowest BCUT2D eigenvalue weighted by molar-refractivity contribution is 0.764. The fourth-order valence-corrected chi connectivity index (χ4v) is 1.85. The van der Waals surface area contributed by atoms with Gasteiger partial charge in [-0.25, -0.2) is 4.98 Å². The minimum absolute atomic E-state index is 0.161. The summed E-state index contributed by atoms with van der Waals surface area (Å²) in [5, 5.41) is 0. The summed E-state index contributed by atoms with van der Waals surface area (Å²) in [5.74, 6) is 1.10. The molecule has 0 bridgehead atoms. The van der Waals surface area contributed by atoms with Gasteiger partial charge in [-0.05, 0) is 30.5 Å². The highest BCUT2D eigenvalue weighted by Crippen LogP contribution is 2.22. The van der Waals surface area contributed by atoms with E-state index in [4.69, 9.17) is 5.73 Å². The van der Waals surface area contributed by atoms with E-state index in [-0.39, 0.29) is 5.92 Å². The number of nitrogens with zero attached hydrogens (tertiary/aromatic N) is 1. The number of aromatic nitrogens is 2. The van der Waals surface area contributed by atoms with E-state index in [0.717, 1.165) is 5.82 Å². The van der Waals surface area contributed by atoms with Crippen LogP contribution in [0.5, 0.6) is 0 Å². The quantitative estimate of drug-likeness (QED) is 0.824. The maximum Gasteiger partial charge on any atom is 0.114 e. The van der Waals surface area contributed by atoms with Crippen molar-refractivity contribution in [3.8, 4) is 0 Å². The number of nitrogens with two attached hydrogens (primary N) is 1. The topological polar surface area (TPSA) is 54.7 Å².